The molecule has 0 aliphatic heterocycles. The summed E-state index contributed by atoms with van der Waals surface area (Å²) in [6.07, 6.45) is 4.24. The summed E-state index contributed by atoms with van der Waals surface area (Å²) in [5.41, 5.74) is 2.08. The van der Waals surface area contributed by atoms with Gasteiger partial charge in [0.2, 0.25) is 10.0 Å². The Morgan fingerprint density at radius 2 is 1.86 bits per heavy atom. The Hall–Kier alpha value is -2.80. The third-order valence-electron chi connectivity index (χ3n) is 4.21. The van der Waals surface area contributed by atoms with E-state index >= 15 is 0 Å². The number of anilines is 1. The Labute approximate surface area is 166 Å². The number of nitrogens with one attached hydrogen (secondary N) is 1. The number of hydrogen-bond donors (Lipinski definition) is 1. The fourth-order valence-corrected chi connectivity index (χ4v) is 3.70. The van der Waals surface area contributed by atoms with Crippen LogP contribution in [0.3, 0.4) is 0 Å². The Morgan fingerprint density at radius 1 is 1.18 bits per heavy atom. The lowest BCUT2D eigenvalue weighted by Crippen LogP contribution is -2.30. The Bertz CT molecular complexity index is 908. The van der Waals surface area contributed by atoms with E-state index in [0.29, 0.717) is 17.8 Å². The lowest BCUT2D eigenvalue weighted by Gasteiger charge is -2.20. The average molecular weight is 403 g/mol. The first-order valence-corrected chi connectivity index (χ1v) is 10.8. The number of rotatable bonds is 10. The van der Waals surface area contributed by atoms with Gasteiger partial charge in [-0.2, -0.15) is 0 Å². The number of carbonyl (C=O) groups excluding carboxylic acids is 1. The van der Waals surface area contributed by atoms with Gasteiger partial charge in [-0.05, 0) is 48.7 Å². The zero-order chi connectivity index (χ0) is 20.6. The predicted octanol–water partition coefficient (Wildman–Crippen LogP) is 3.01. The number of ether oxygens (including phenoxy) is 1. The number of methoxy groups -OCH3 is 1. The highest BCUT2D eigenvalue weighted by molar-refractivity contribution is 7.92. The van der Waals surface area contributed by atoms with E-state index in [2.05, 4.69) is 11.9 Å². The van der Waals surface area contributed by atoms with E-state index in [4.69, 9.17) is 4.74 Å². The molecule has 0 atom stereocenters. The Morgan fingerprint density at radius 3 is 2.46 bits per heavy atom. The molecule has 0 fully saturated rings. The summed E-state index contributed by atoms with van der Waals surface area (Å²) in [6, 6.07) is 14.3. The van der Waals surface area contributed by atoms with Gasteiger partial charge in [-0.25, -0.2) is 8.42 Å². The van der Waals surface area contributed by atoms with Crippen LogP contribution in [0.25, 0.3) is 0 Å². The largest absolute Gasteiger partial charge is 0.496 e. The zero-order valence-electron chi connectivity index (χ0n) is 16.2. The highest BCUT2D eigenvalue weighted by Crippen LogP contribution is 2.19. The predicted molar refractivity (Wildman–Crippen MR) is 112 cm³/mol. The van der Waals surface area contributed by atoms with Gasteiger partial charge in [-0.1, -0.05) is 24.3 Å². The van der Waals surface area contributed by atoms with Crippen molar-refractivity contribution in [2.45, 2.75) is 12.8 Å². The molecular weight excluding hydrogens is 376 g/mol. The molecule has 7 heteroatoms. The average Bonchev–Trinajstić information content (AvgIpc) is 2.68. The summed E-state index contributed by atoms with van der Waals surface area (Å²) in [5, 5.41) is 2.88. The monoisotopic (exact) mass is 402 g/mol. The smallest absolute Gasteiger partial charge is 0.251 e. The summed E-state index contributed by atoms with van der Waals surface area (Å²) in [5.74, 6) is 0.653. The number of aryl methyl sites for hydroxylation is 1. The highest BCUT2D eigenvalue weighted by atomic mass is 32.2. The summed E-state index contributed by atoms with van der Waals surface area (Å²) >= 11 is 0. The normalized spacial score (nSPS) is 10.9. The van der Waals surface area contributed by atoms with Crippen molar-refractivity contribution in [1.82, 2.24) is 5.32 Å². The quantitative estimate of drug-likeness (QED) is 0.490. The summed E-state index contributed by atoms with van der Waals surface area (Å²) in [6.45, 7) is 4.29. The maximum absolute atomic E-state index is 12.3. The molecule has 0 unspecified atom stereocenters. The number of para-hydroxylation sites is 1. The first-order valence-electron chi connectivity index (χ1n) is 8.95. The number of carbonyl (C=O) groups is 1. The van der Waals surface area contributed by atoms with Gasteiger partial charge >= 0.3 is 0 Å². The maximum Gasteiger partial charge on any atom is 0.251 e. The zero-order valence-corrected chi connectivity index (χ0v) is 17.0. The number of nitrogens with zero attached hydrogens (tertiary/aromatic N) is 1. The summed E-state index contributed by atoms with van der Waals surface area (Å²) in [7, 11) is -1.77. The van der Waals surface area contributed by atoms with Gasteiger partial charge in [-0.3, -0.25) is 9.10 Å². The van der Waals surface area contributed by atoms with Crippen LogP contribution in [-0.2, 0) is 16.4 Å². The Balaban J connectivity index is 1.91. The standard InChI is InChI=1S/C21H26N2O4S/c1-4-16-23(28(3,25)26)19-13-11-18(12-14-19)21(24)22-15-7-9-17-8-5-6-10-20(17)27-2/h4-6,8,10-14H,1,7,9,15-16H2,2-3H3,(H,22,24). The molecule has 150 valence electrons. The molecule has 2 rings (SSSR count). The minimum atomic E-state index is -3.41. The molecule has 2 aromatic carbocycles. The van der Waals surface area contributed by atoms with E-state index < -0.39 is 10.0 Å². The molecule has 0 bridgehead atoms. The third kappa shape index (κ3) is 5.85. The van der Waals surface area contributed by atoms with Crippen molar-refractivity contribution >= 4 is 21.6 Å². The van der Waals surface area contributed by atoms with Crippen LogP contribution < -0.4 is 14.4 Å². The fraction of sp³-hybridized carbons (Fsp3) is 0.286. The molecule has 28 heavy (non-hydrogen) atoms. The van der Waals surface area contributed by atoms with Crippen molar-refractivity contribution in [2.75, 3.05) is 30.8 Å². The second-order valence-corrected chi connectivity index (χ2v) is 8.21. The minimum absolute atomic E-state index is 0.174. The van der Waals surface area contributed by atoms with Crippen LogP contribution in [-0.4, -0.2) is 40.8 Å². The molecule has 6 nitrogen and oxygen atoms in total. The first-order chi connectivity index (χ1) is 13.4. The van der Waals surface area contributed by atoms with Crippen LogP contribution in [0.5, 0.6) is 5.75 Å². The van der Waals surface area contributed by atoms with Crippen LogP contribution in [0.15, 0.2) is 61.2 Å². The van der Waals surface area contributed by atoms with E-state index in [9.17, 15) is 13.2 Å². The minimum Gasteiger partial charge on any atom is -0.496 e. The number of amides is 1. The van der Waals surface area contributed by atoms with Crippen LogP contribution >= 0.6 is 0 Å². The van der Waals surface area contributed by atoms with Crippen molar-refractivity contribution in [2.24, 2.45) is 0 Å². The molecule has 1 amide bonds. The third-order valence-corrected chi connectivity index (χ3v) is 5.37. The molecule has 0 radical (unpaired) electrons. The topological polar surface area (TPSA) is 75.7 Å². The SMILES string of the molecule is C=CCN(c1ccc(C(=O)NCCCc2ccccc2OC)cc1)S(C)(=O)=O. The fourth-order valence-electron chi connectivity index (χ4n) is 2.82. The molecule has 2 aromatic rings. The van der Waals surface area contributed by atoms with Crippen molar-refractivity contribution in [3.63, 3.8) is 0 Å². The first kappa shape index (κ1) is 21.5. The summed E-state index contributed by atoms with van der Waals surface area (Å²) < 4.78 is 30.3. The van der Waals surface area contributed by atoms with Gasteiger partial charge in [0.15, 0.2) is 0 Å². The molecule has 1 N–H and O–H groups in total. The van der Waals surface area contributed by atoms with Crippen molar-refractivity contribution in [3.05, 3.63) is 72.3 Å². The van der Waals surface area contributed by atoms with Gasteiger partial charge < -0.3 is 10.1 Å². The lowest BCUT2D eigenvalue weighted by molar-refractivity contribution is 0.0953. The van der Waals surface area contributed by atoms with E-state index in [0.717, 1.165) is 30.4 Å². The van der Waals surface area contributed by atoms with Crippen molar-refractivity contribution in [1.29, 1.82) is 0 Å². The molecule has 0 saturated heterocycles. The molecule has 0 aliphatic carbocycles. The Kier molecular flexibility index (Phi) is 7.63. The molecule has 0 saturated carbocycles. The summed E-state index contributed by atoms with van der Waals surface area (Å²) in [4.78, 5) is 12.3. The van der Waals surface area contributed by atoms with Gasteiger partial charge in [-0.15, -0.1) is 6.58 Å². The van der Waals surface area contributed by atoms with Crippen molar-refractivity contribution < 1.29 is 17.9 Å². The molecule has 0 heterocycles. The molecule has 0 aliphatic rings. The molecular formula is C21H26N2O4S. The van der Waals surface area contributed by atoms with E-state index in [1.54, 1.807) is 31.4 Å². The highest BCUT2D eigenvalue weighted by Gasteiger charge is 2.16. The van der Waals surface area contributed by atoms with Gasteiger partial charge in [0.1, 0.15) is 5.75 Å². The number of sulfonamides is 1. The van der Waals surface area contributed by atoms with E-state index in [-0.39, 0.29) is 12.5 Å². The van der Waals surface area contributed by atoms with E-state index in [1.165, 1.54) is 10.4 Å². The van der Waals surface area contributed by atoms with E-state index in [1.807, 2.05) is 24.3 Å². The van der Waals surface area contributed by atoms with Gasteiger partial charge in [0.25, 0.3) is 5.91 Å². The molecule has 0 spiro atoms. The maximum atomic E-state index is 12.3. The van der Waals surface area contributed by atoms with Crippen LogP contribution in [0, 0.1) is 0 Å². The van der Waals surface area contributed by atoms with Crippen molar-refractivity contribution in [3.8, 4) is 5.75 Å². The van der Waals surface area contributed by atoms with Gasteiger partial charge in [0, 0.05) is 12.1 Å². The number of benzene rings is 2. The number of hydrogen-bond acceptors (Lipinski definition) is 4. The van der Waals surface area contributed by atoms with Crippen LogP contribution in [0.2, 0.25) is 0 Å². The van der Waals surface area contributed by atoms with Crippen LogP contribution in [0.1, 0.15) is 22.3 Å². The van der Waals surface area contributed by atoms with Crippen LogP contribution in [0.4, 0.5) is 5.69 Å². The lowest BCUT2D eigenvalue weighted by atomic mass is 10.1. The second kappa shape index (κ2) is 9.94. The van der Waals surface area contributed by atoms with Gasteiger partial charge in [0.05, 0.1) is 25.6 Å². The second-order valence-electron chi connectivity index (χ2n) is 6.30. The molecule has 0 aromatic heterocycles.